The van der Waals surface area contributed by atoms with Crippen LogP contribution in [0.4, 0.5) is 0 Å². The van der Waals surface area contributed by atoms with Crippen molar-refractivity contribution in [2.45, 2.75) is 12.6 Å². The molecule has 1 saturated heterocycles. The Kier molecular flexibility index (Phi) is 3.58. The van der Waals surface area contributed by atoms with E-state index in [0.717, 1.165) is 0 Å². The molecule has 1 aromatic rings. The molecule has 5 heteroatoms. The first-order valence-electron chi connectivity index (χ1n) is 5.32. The zero-order valence-electron chi connectivity index (χ0n) is 9.30. The summed E-state index contributed by atoms with van der Waals surface area (Å²) in [6, 6.07) is 4.02. The van der Waals surface area contributed by atoms with Crippen LogP contribution in [0, 0.1) is 0 Å². The number of hydrogen-bond donors (Lipinski definition) is 1. The Morgan fingerprint density at radius 1 is 1.69 bits per heavy atom. The van der Waals surface area contributed by atoms with Crippen molar-refractivity contribution in [3.63, 3.8) is 0 Å². The second-order valence-corrected chi connectivity index (χ2v) is 5.21. The number of amides is 1. The highest BCUT2D eigenvalue weighted by atomic mass is 32.1. The molecule has 1 aliphatic heterocycles. The summed E-state index contributed by atoms with van der Waals surface area (Å²) < 4.78 is 0. The highest BCUT2D eigenvalue weighted by Gasteiger charge is 2.26. The van der Waals surface area contributed by atoms with E-state index in [1.165, 1.54) is 4.88 Å². The molecule has 1 N–H and O–H groups in total. The maximum atomic E-state index is 11.8. The average molecular weight is 240 g/mol. The van der Waals surface area contributed by atoms with Gasteiger partial charge in [0.25, 0.3) is 0 Å². The van der Waals surface area contributed by atoms with Crippen LogP contribution >= 0.6 is 11.3 Å². The van der Waals surface area contributed by atoms with Gasteiger partial charge in [0.15, 0.2) is 0 Å². The summed E-state index contributed by atoms with van der Waals surface area (Å²) in [5, 5.41) is 11.1. The van der Waals surface area contributed by atoms with E-state index in [4.69, 9.17) is 5.11 Å². The van der Waals surface area contributed by atoms with Crippen molar-refractivity contribution in [3.8, 4) is 0 Å². The van der Waals surface area contributed by atoms with Crippen molar-refractivity contribution in [3.05, 3.63) is 22.4 Å². The van der Waals surface area contributed by atoms with Gasteiger partial charge >= 0.3 is 0 Å². The fraction of sp³-hybridized carbons (Fsp3) is 0.545. The maximum absolute atomic E-state index is 11.8. The molecule has 1 fully saturated rings. The molecule has 0 aromatic carbocycles. The lowest BCUT2D eigenvalue weighted by Gasteiger charge is -2.36. The number of carbonyl (C=O) groups is 1. The van der Waals surface area contributed by atoms with E-state index in [2.05, 4.69) is 0 Å². The molecular weight excluding hydrogens is 224 g/mol. The lowest BCUT2D eigenvalue weighted by atomic mass is 10.2. The highest BCUT2D eigenvalue weighted by Crippen LogP contribution is 2.12. The molecule has 2 rings (SSSR count). The first kappa shape index (κ1) is 11.6. The third kappa shape index (κ3) is 2.81. The number of aliphatic hydroxyl groups is 1. The maximum Gasteiger partial charge on any atom is 0.236 e. The minimum atomic E-state index is -0.240. The lowest BCUT2D eigenvalue weighted by molar-refractivity contribution is -0.134. The van der Waals surface area contributed by atoms with Crippen LogP contribution in [0.5, 0.6) is 0 Å². The molecule has 0 atom stereocenters. The Morgan fingerprint density at radius 2 is 2.44 bits per heavy atom. The summed E-state index contributed by atoms with van der Waals surface area (Å²) in [6.45, 7) is 2.34. The average Bonchev–Trinajstić information content (AvgIpc) is 2.68. The van der Waals surface area contributed by atoms with E-state index < -0.39 is 0 Å². The summed E-state index contributed by atoms with van der Waals surface area (Å²) in [5.41, 5.74) is 0. The Balaban J connectivity index is 1.76. The molecular formula is C11H16N2O2S. The van der Waals surface area contributed by atoms with Crippen molar-refractivity contribution in [1.82, 2.24) is 9.80 Å². The van der Waals surface area contributed by atoms with Gasteiger partial charge in [-0.25, -0.2) is 0 Å². The number of nitrogens with zero attached hydrogens (tertiary/aromatic N) is 2. The standard InChI is InChI=1S/C11H16N2O2S/c1-12(7-10-3-2-4-16-10)11(15)8-13-5-9(14)6-13/h2-4,9,14H,5-8H2,1H3. The predicted molar refractivity (Wildman–Crippen MR) is 63.2 cm³/mol. The third-order valence-electron chi connectivity index (χ3n) is 2.70. The Bertz CT molecular complexity index is 347. The van der Waals surface area contributed by atoms with E-state index in [1.54, 1.807) is 16.2 Å². The topological polar surface area (TPSA) is 43.8 Å². The van der Waals surface area contributed by atoms with Gasteiger partial charge in [-0.3, -0.25) is 9.69 Å². The van der Waals surface area contributed by atoms with Gasteiger partial charge in [-0.15, -0.1) is 11.3 Å². The Morgan fingerprint density at radius 3 is 3.00 bits per heavy atom. The number of thiophene rings is 1. The summed E-state index contributed by atoms with van der Waals surface area (Å²) in [4.78, 5) is 16.7. The Hall–Kier alpha value is -0.910. The summed E-state index contributed by atoms with van der Waals surface area (Å²) in [7, 11) is 1.82. The van der Waals surface area contributed by atoms with Crippen LogP contribution in [0.3, 0.4) is 0 Å². The van der Waals surface area contributed by atoms with Gasteiger partial charge in [-0.1, -0.05) is 6.07 Å². The molecule has 0 aliphatic carbocycles. The molecule has 0 saturated carbocycles. The van der Waals surface area contributed by atoms with Gasteiger partial charge in [0, 0.05) is 25.0 Å². The van der Waals surface area contributed by atoms with Crippen LogP contribution < -0.4 is 0 Å². The molecule has 0 bridgehead atoms. The Labute approximate surface area is 99.1 Å². The van der Waals surface area contributed by atoms with Crippen LogP contribution in [-0.4, -0.2) is 53.6 Å². The van der Waals surface area contributed by atoms with Crippen LogP contribution in [0.15, 0.2) is 17.5 Å². The normalized spacial score (nSPS) is 17.1. The fourth-order valence-electron chi connectivity index (χ4n) is 1.71. The van der Waals surface area contributed by atoms with Crippen molar-refractivity contribution in [1.29, 1.82) is 0 Å². The minimum Gasteiger partial charge on any atom is -0.390 e. The largest absolute Gasteiger partial charge is 0.390 e. The number of carbonyl (C=O) groups excluding carboxylic acids is 1. The van der Waals surface area contributed by atoms with Gasteiger partial charge in [0.1, 0.15) is 0 Å². The molecule has 1 aliphatic rings. The molecule has 88 valence electrons. The number of hydrogen-bond acceptors (Lipinski definition) is 4. The molecule has 0 unspecified atom stereocenters. The van der Waals surface area contributed by atoms with Crippen molar-refractivity contribution in [2.75, 3.05) is 26.7 Å². The third-order valence-corrected chi connectivity index (χ3v) is 3.56. The van der Waals surface area contributed by atoms with Crippen molar-refractivity contribution < 1.29 is 9.90 Å². The minimum absolute atomic E-state index is 0.111. The van der Waals surface area contributed by atoms with Crippen LogP contribution in [-0.2, 0) is 11.3 Å². The van der Waals surface area contributed by atoms with Crippen molar-refractivity contribution >= 4 is 17.2 Å². The van der Waals surface area contributed by atoms with Gasteiger partial charge < -0.3 is 10.0 Å². The zero-order chi connectivity index (χ0) is 11.5. The quantitative estimate of drug-likeness (QED) is 0.827. The number of likely N-dealkylation sites (tertiary alicyclic amines) is 1. The van der Waals surface area contributed by atoms with Gasteiger partial charge in [0.2, 0.25) is 5.91 Å². The summed E-state index contributed by atoms with van der Waals surface area (Å²) in [6.07, 6.45) is -0.240. The molecule has 0 radical (unpaired) electrons. The highest BCUT2D eigenvalue weighted by molar-refractivity contribution is 7.09. The zero-order valence-corrected chi connectivity index (χ0v) is 10.1. The van der Waals surface area contributed by atoms with E-state index in [9.17, 15) is 4.79 Å². The number of β-amino-alcohol motifs (C(OH)–C–C–N with tert-alkyl or cyclic N) is 1. The second-order valence-electron chi connectivity index (χ2n) is 4.18. The van der Waals surface area contributed by atoms with E-state index >= 15 is 0 Å². The molecule has 0 spiro atoms. The smallest absolute Gasteiger partial charge is 0.236 e. The number of aliphatic hydroxyl groups excluding tert-OH is 1. The van der Waals surface area contributed by atoms with Crippen molar-refractivity contribution in [2.24, 2.45) is 0 Å². The number of rotatable bonds is 4. The van der Waals surface area contributed by atoms with Crippen LogP contribution in [0.1, 0.15) is 4.88 Å². The van der Waals surface area contributed by atoms with Crippen LogP contribution in [0.2, 0.25) is 0 Å². The molecule has 1 aromatic heterocycles. The molecule has 1 amide bonds. The number of likely N-dealkylation sites (N-methyl/N-ethyl adjacent to an activating group) is 1. The van der Waals surface area contributed by atoms with Gasteiger partial charge in [0.05, 0.1) is 19.2 Å². The monoisotopic (exact) mass is 240 g/mol. The molecule has 4 nitrogen and oxygen atoms in total. The van der Waals surface area contributed by atoms with Gasteiger partial charge in [-0.05, 0) is 11.4 Å². The van der Waals surface area contributed by atoms with E-state index in [-0.39, 0.29) is 12.0 Å². The van der Waals surface area contributed by atoms with E-state index in [0.29, 0.717) is 26.2 Å². The summed E-state index contributed by atoms with van der Waals surface area (Å²) >= 11 is 1.66. The molecule has 16 heavy (non-hydrogen) atoms. The van der Waals surface area contributed by atoms with Crippen LogP contribution in [0.25, 0.3) is 0 Å². The summed E-state index contributed by atoms with van der Waals surface area (Å²) in [5.74, 6) is 0.111. The van der Waals surface area contributed by atoms with Gasteiger partial charge in [-0.2, -0.15) is 0 Å². The predicted octanol–water partition coefficient (Wildman–Crippen LogP) is 0.383. The first-order valence-corrected chi connectivity index (χ1v) is 6.20. The molecule has 2 heterocycles. The first-order chi connectivity index (χ1) is 7.65. The SMILES string of the molecule is CN(Cc1cccs1)C(=O)CN1CC(O)C1. The second kappa shape index (κ2) is 4.95. The lowest BCUT2D eigenvalue weighted by Crippen LogP contribution is -2.53. The van der Waals surface area contributed by atoms with E-state index in [1.807, 2.05) is 29.5 Å². The fourth-order valence-corrected chi connectivity index (χ4v) is 2.47.